The monoisotopic (exact) mass is 598 g/mol. The molecule has 5 atom stereocenters. The third kappa shape index (κ3) is 14.0. The lowest BCUT2D eigenvalue weighted by atomic mass is 9.97. The van der Waals surface area contributed by atoms with Gasteiger partial charge in [-0.1, -0.05) is 27.7 Å². The zero-order valence-corrected chi connectivity index (χ0v) is 26.4. The fourth-order valence-corrected chi connectivity index (χ4v) is 4.41. The van der Waals surface area contributed by atoms with Crippen molar-refractivity contribution in [1.29, 1.82) is 0 Å². The van der Waals surface area contributed by atoms with E-state index in [9.17, 15) is 19.2 Å². The van der Waals surface area contributed by atoms with Crippen LogP contribution in [-0.2, 0) is 47.6 Å². The van der Waals surface area contributed by atoms with Crippen LogP contribution in [0.2, 0.25) is 0 Å². The number of nitrogens with zero attached hydrogens (tertiary/aromatic N) is 1. The molecular weight excluding hydrogens is 546 g/mol. The maximum Gasteiger partial charge on any atom is 0.306 e. The zero-order valence-electron chi connectivity index (χ0n) is 26.4. The van der Waals surface area contributed by atoms with Crippen molar-refractivity contribution in [1.82, 2.24) is 0 Å². The molecule has 0 saturated carbocycles. The van der Waals surface area contributed by atoms with Crippen LogP contribution in [0.15, 0.2) is 0 Å². The Morgan fingerprint density at radius 2 is 1.24 bits per heavy atom. The van der Waals surface area contributed by atoms with Crippen molar-refractivity contribution in [2.75, 3.05) is 40.4 Å². The van der Waals surface area contributed by atoms with Crippen molar-refractivity contribution >= 4 is 23.9 Å². The van der Waals surface area contributed by atoms with Crippen LogP contribution >= 0.6 is 0 Å². The molecule has 0 radical (unpaired) electrons. The van der Waals surface area contributed by atoms with Gasteiger partial charge in [-0.05, 0) is 44.4 Å². The molecule has 1 aliphatic rings. The van der Waals surface area contributed by atoms with Gasteiger partial charge < -0.3 is 32.9 Å². The third-order valence-electron chi connectivity index (χ3n) is 6.58. The van der Waals surface area contributed by atoms with Gasteiger partial charge in [-0.3, -0.25) is 19.2 Å². The summed E-state index contributed by atoms with van der Waals surface area (Å²) in [6.45, 7) is 8.75. The highest BCUT2D eigenvalue weighted by atomic mass is 16.7. The first kappa shape index (κ1) is 37.3. The molecule has 0 amide bonds. The topological polar surface area (TPSA) is 124 Å². The van der Waals surface area contributed by atoms with E-state index in [1.165, 1.54) is 0 Å². The van der Waals surface area contributed by atoms with Crippen LogP contribution in [0.25, 0.3) is 0 Å². The lowest BCUT2D eigenvalue weighted by Gasteiger charge is -2.44. The zero-order chi connectivity index (χ0) is 31.5. The fourth-order valence-electron chi connectivity index (χ4n) is 4.41. The Morgan fingerprint density at radius 1 is 0.738 bits per heavy atom. The molecule has 240 valence electrons. The van der Waals surface area contributed by atoms with Crippen LogP contribution in [0.1, 0.15) is 91.9 Å². The van der Waals surface area contributed by atoms with E-state index in [2.05, 4.69) is 5.92 Å². The second-order valence-corrected chi connectivity index (χ2v) is 11.2. The average Bonchev–Trinajstić information content (AvgIpc) is 2.91. The highest BCUT2D eigenvalue weighted by Crippen LogP contribution is 2.31. The Hall–Kier alpha value is -2.68. The quantitative estimate of drug-likeness (QED) is 0.0674. The molecule has 0 bridgehead atoms. The molecule has 11 nitrogen and oxygen atoms in total. The van der Waals surface area contributed by atoms with Crippen molar-refractivity contribution < 1.29 is 52.1 Å². The van der Waals surface area contributed by atoms with Gasteiger partial charge in [-0.15, -0.1) is 6.42 Å². The first-order valence-corrected chi connectivity index (χ1v) is 15.3. The lowest BCUT2D eigenvalue weighted by Crippen LogP contribution is -2.63. The molecule has 42 heavy (non-hydrogen) atoms. The van der Waals surface area contributed by atoms with E-state index < -0.39 is 54.6 Å². The SMILES string of the molecule is C#CC[N+](C)(C)CCCCOC1O[C@H](COC(=O)CCC)[C@@H](OC(=O)CCC)[C@@H](OC(=O)CCC)[C@@H]1OC(=O)CCC. The Bertz CT molecular complexity index is 883. The van der Waals surface area contributed by atoms with E-state index in [1.54, 1.807) is 0 Å². The number of carbonyl (C=O) groups excluding carboxylic acids is 4. The number of unbranched alkanes of at least 4 members (excludes halogenated alkanes) is 1. The first-order chi connectivity index (χ1) is 20.0. The molecular formula is C31H52NO10+. The number of esters is 4. The minimum Gasteiger partial charge on any atom is -0.463 e. The summed E-state index contributed by atoms with van der Waals surface area (Å²) in [6, 6.07) is 0. The van der Waals surface area contributed by atoms with Crippen LogP contribution in [0.4, 0.5) is 0 Å². The highest BCUT2D eigenvalue weighted by Gasteiger charge is 2.53. The summed E-state index contributed by atoms with van der Waals surface area (Å²) >= 11 is 0. The largest absolute Gasteiger partial charge is 0.463 e. The summed E-state index contributed by atoms with van der Waals surface area (Å²) in [6.07, 6.45) is 3.85. The molecule has 1 saturated heterocycles. The molecule has 1 aliphatic heterocycles. The molecule has 1 rings (SSSR count). The highest BCUT2D eigenvalue weighted by molar-refractivity contribution is 5.72. The van der Waals surface area contributed by atoms with Gasteiger partial charge in [0.05, 0.1) is 27.2 Å². The summed E-state index contributed by atoms with van der Waals surface area (Å²) in [4.78, 5) is 50.3. The van der Waals surface area contributed by atoms with Gasteiger partial charge in [0.15, 0.2) is 24.6 Å². The summed E-state index contributed by atoms with van der Waals surface area (Å²) in [7, 11) is 4.10. The molecule has 0 aromatic carbocycles. The number of hydrogen-bond acceptors (Lipinski definition) is 10. The van der Waals surface area contributed by atoms with E-state index in [1.807, 2.05) is 41.8 Å². The third-order valence-corrected chi connectivity index (χ3v) is 6.58. The summed E-state index contributed by atoms with van der Waals surface area (Å²) in [5.41, 5.74) is 0. The number of terminal acetylenes is 1. The number of rotatable bonds is 20. The van der Waals surface area contributed by atoms with Crippen molar-refractivity contribution in [3.05, 3.63) is 0 Å². The molecule has 0 aromatic heterocycles. The molecule has 0 spiro atoms. The number of quaternary nitrogens is 1. The van der Waals surface area contributed by atoms with E-state index in [-0.39, 0.29) is 38.9 Å². The standard InChI is InChI=1S/C31H52NO10/c1-8-15-24(33)38-22-23-28(40-25(34)16-9-2)29(41-26(35)17-10-3)30(42-27(36)18-11-4)31(39-23)37-21-14-13-20-32(6,7)19-12-5/h5,23,28-31H,8-11,13-22H2,1-4,6-7H3/q+1/t23-,28-,29-,30+,31?/m1/s1. The van der Waals surface area contributed by atoms with Gasteiger partial charge in [0.2, 0.25) is 0 Å². The predicted octanol–water partition coefficient (Wildman–Crippen LogP) is 3.70. The van der Waals surface area contributed by atoms with Crippen LogP contribution < -0.4 is 0 Å². The van der Waals surface area contributed by atoms with Gasteiger partial charge in [0.1, 0.15) is 19.3 Å². The Balaban J connectivity index is 3.32. The van der Waals surface area contributed by atoms with Gasteiger partial charge >= 0.3 is 23.9 Å². The molecule has 1 unspecified atom stereocenters. The second-order valence-electron chi connectivity index (χ2n) is 11.2. The number of carbonyl (C=O) groups is 4. The minimum atomic E-state index is -1.23. The Kier molecular flexibility index (Phi) is 18.0. The van der Waals surface area contributed by atoms with Gasteiger partial charge in [-0.2, -0.15) is 0 Å². The molecule has 0 N–H and O–H groups in total. The van der Waals surface area contributed by atoms with Gasteiger partial charge in [0.25, 0.3) is 0 Å². The molecule has 11 heteroatoms. The smallest absolute Gasteiger partial charge is 0.306 e. The number of hydrogen-bond donors (Lipinski definition) is 0. The van der Waals surface area contributed by atoms with Gasteiger partial charge in [0, 0.05) is 25.7 Å². The Morgan fingerprint density at radius 3 is 1.76 bits per heavy atom. The summed E-state index contributed by atoms with van der Waals surface area (Å²) in [5.74, 6) is 0.614. The Labute approximate surface area is 251 Å². The van der Waals surface area contributed by atoms with E-state index in [4.69, 9.17) is 34.8 Å². The average molecular weight is 599 g/mol. The van der Waals surface area contributed by atoms with Crippen LogP contribution in [0, 0.1) is 12.3 Å². The first-order valence-electron chi connectivity index (χ1n) is 15.3. The van der Waals surface area contributed by atoms with Crippen molar-refractivity contribution in [2.24, 2.45) is 0 Å². The molecule has 0 aromatic rings. The minimum absolute atomic E-state index is 0.107. The van der Waals surface area contributed by atoms with Gasteiger partial charge in [-0.25, -0.2) is 0 Å². The van der Waals surface area contributed by atoms with Crippen molar-refractivity contribution in [3.8, 4) is 12.3 Å². The normalized spacial score (nSPS) is 22.1. The van der Waals surface area contributed by atoms with Crippen molar-refractivity contribution in [3.63, 3.8) is 0 Å². The van der Waals surface area contributed by atoms with Crippen LogP contribution in [0.3, 0.4) is 0 Å². The fraction of sp³-hybridized carbons (Fsp3) is 0.806. The molecule has 1 heterocycles. The van der Waals surface area contributed by atoms with Crippen LogP contribution in [0.5, 0.6) is 0 Å². The van der Waals surface area contributed by atoms with E-state index in [0.29, 0.717) is 43.1 Å². The van der Waals surface area contributed by atoms with Crippen molar-refractivity contribution in [2.45, 2.75) is 123 Å². The molecule has 0 aliphatic carbocycles. The predicted molar refractivity (Wildman–Crippen MR) is 155 cm³/mol. The summed E-state index contributed by atoms with van der Waals surface area (Å²) < 4.78 is 35.7. The second kappa shape index (κ2) is 20.3. The maximum atomic E-state index is 12.8. The van der Waals surface area contributed by atoms with E-state index >= 15 is 0 Å². The maximum absolute atomic E-state index is 12.8. The van der Waals surface area contributed by atoms with E-state index in [0.717, 1.165) is 13.0 Å². The summed E-state index contributed by atoms with van der Waals surface area (Å²) in [5, 5.41) is 0. The molecule has 1 fully saturated rings. The van der Waals surface area contributed by atoms with Crippen LogP contribution in [-0.4, -0.2) is 99.5 Å². The lowest BCUT2D eigenvalue weighted by molar-refractivity contribution is -0.883. The number of ether oxygens (including phenoxy) is 6.